The van der Waals surface area contributed by atoms with E-state index in [0.717, 1.165) is 16.0 Å². The molecule has 2 aromatic rings. The van der Waals surface area contributed by atoms with Crippen molar-refractivity contribution in [3.8, 4) is 0 Å². The second-order valence-electron chi connectivity index (χ2n) is 6.11. The van der Waals surface area contributed by atoms with Gasteiger partial charge in [0.25, 0.3) is 5.91 Å². The summed E-state index contributed by atoms with van der Waals surface area (Å²) in [6.07, 6.45) is 1.41. The van der Waals surface area contributed by atoms with Gasteiger partial charge in [0.15, 0.2) is 6.61 Å². The lowest BCUT2D eigenvalue weighted by Gasteiger charge is -2.08. The van der Waals surface area contributed by atoms with Crippen LogP contribution in [-0.2, 0) is 31.9 Å². The average Bonchev–Trinajstić information content (AvgIpc) is 3.00. The van der Waals surface area contributed by atoms with Crippen molar-refractivity contribution in [2.45, 2.75) is 40.0 Å². The smallest absolute Gasteiger partial charge is 0.341 e. The summed E-state index contributed by atoms with van der Waals surface area (Å²) >= 11 is 1.32. The Morgan fingerprint density at radius 3 is 2.43 bits per heavy atom. The molecule has 1 aromatic carbocycles. The maximum Gasteiger partial charge on any atom is 0.341 e. The van der Waals surface area contributed by atoms with Crippen LogP contribution in [0.15, 0.2) is 30.3 Å². The fourth-order valence-corrected chi connectivity index (χ4v) is 3.93. The number of benzene rings is 1. The SMILES string of the molecule is CCOC(=O)c1c(NC(=O)COC(=O)CCc2ccccc2)sc(C)c1CC. The molecule has 1 N–H and O–H groups in total. The molecule has 0 aliphatic rings. The first kappa shape index (κ1) is 21.6. The van der Waals surface area contributed by atoms with Crippen LogP contribution in [0, 0.1) is 6.92 Å². The van der Waals surface area contributed by atoms with Gasteiger partial charge in [-0.2, -0.15) is 0 Å². The van der Waals surface area contributed by atoms with Crippen LogP contribution in [0.1, 0.15) is 46.6 Å². The van der Waals surface area contributed by atoms with E-state index in [0.29, 0.717) is 23.4 Å². The molecule has 0 spiro atoms. The first-order valence-corrected chi connectivity index (χ1v) is 10.1. The highest BCUT2D eigenvalue weighted by atomic mass is 32.1. The molecule has 0 fully saturated rings. The van der Waals surface area contributed by atoms with Gasteiger partial charge in [-0.1, -0.05) is 37.3 Å². The number of ether oxygens (including phenoxy) is 2. The van der Waals surface area contributed by atoms with Gasteiger partial charge in [0.05, 0.1) is 12.2 Å². The molecule has 1 amide bonds. The molecule has 0 bridgehead atoms. The number of nitrogens with one attached hydrogen (secondary N) is 1. The molecule has 150 valence electrons. The van der Waals surface area contributed by atoms with E-state index >= 15 is 0 Å². The van der Waals surface area contributed by atoms with Crippen molar-refractivity contribution in [3.05, 3.63) is 51.9 Å². The number of anilines is 1. The molecule has 0 atom stereocenters. The Hall–Kier alpha value is -2.67. The van der Waals surface area contributed by atoms with Crippen molar-refractivity contribution in [2.24, 2.45) is 0 Å². The molecule has 2 rings (SSSR count). The Bertz CT molecular complexity index is 829. The highest BCUT2D eigenvalue weighted by Crippen LogP contribution is 2.34. The van der Waals surface area contributed by atoms with Gasteiger partial charge in [0.1, 0.15) is 5.00 Å². The number of amides is 1. The molecule has 0 saturated heterocycles. The minimum atomic E-state index is -0.484. The Morgan fingerprint density at radius 2 is 1.79 bits per heavy atom. The van der Waals surface area contributed by atoms with Gasteiger partial charge in [0, 0.05) is 11.3 Å². The third kappa shape index (κ3) is 5.92. The molecule has 0 saturated carbocycles. The van der Waals surface area contributed by atoms with Gasteiger partial charge in [-0.15, -0.1) is 11.3 Å². The second-order valence-corrected chi connectivity index (χ2v) is 7.33. The number of carbonyl (C=O) groups excluding carboxylic acids is 3. The van der Waals surface area contributed by atoms with E-state index in [1.54, 1.807) is 6.92 Å². The molecule has 0 aliphatic heterocycles. The van der Waals surface area contributed by atoms with E-state index < -0.39 is 24.5 Å². The number of hydrogen-bond donors (Lipinski definition) is 1. The minimum absolute atomic E-state index is 0.198. The Morgan fingerprint density at radius 1 is 1.07 bits per heavy atom. The summed E-state index contributed by atoms with van der Waals surface area (Å²) in [5.74, 6) is -1.39. The molecule has 0 aliphatic carbocycles. The summed E-state index contributed by atoms with van der Waals surface area (Å²) in [5.41, 5.74) is 2.28. The standard InChI is InChI=1S/C21H25NO5S/c1-4-16-14(3)28-20(19(16)21(25)26-5-2)22-17(23)13-27-18(24)12-11-15-9-7-6-8-10-15/h6-10H,4-5,11-13H2,1-3H3,(H,22,23). The van der Waals surface area contributed by atoms with Gasteiger partial charge >= 0.3 is 11.9 Å². The molecule has 6 nitrogen and oxygen atoms in total. The summed E-state index contributed by atoms with van der Waals surface area (Å²) in [7, 11) is 0. The summed E-state index contributed by atoms with van der Waals surface area (Å²) < 4.78 is 10.2. The predicted molar refractivity (Wildman–Crippen MR) is 109 cm³/mol. The number of esters is 2. The second kappa shape index (κ2) is 10.6. The highest BCUT2D eigenvalue weighted by Gasteiger charge is 2.23. The van der Waals surface area contributed by atoms with Crippen LogP contribution in [0.3, 0.4) is 0 Å². The van der Waals surface area contributed by atoms with Crippen LogP contribution < -0.4 is 5.32 Å². The van der Waals surface area contributed by atoms with Crippen molar-refractivity contribution >= 4 is 34.2 Å². The van der Waals surface area contributed by atoms with Crippen molar-refractivity contribution in [2.75, 3.05) is 18.5 Å². The molecule has 0 radical (unpaired) electrons. The fraction of sp³-hybridized carbons (Fsp3) is 0.381. The quantitative estimate of drug-likeness (QED) is 0.642. The number of carbonyl (C=O) groups is 3. The lowest BCUT2D eigenvalue weighted by molar-refractivity contribution is -0.147. The van der Waals surface area contributed by atoms with Crippen LogP contribution in [0.2, 0.25) is 0 Å². The van der Waals surface area contributed by atoms with Crippen LogP contribution in [0.5, 0.6) is 0 Å². The van der Waals surface area contributed by atoms with Gasteiger partial charge in [-0.05, 0) is 37.8 Å². The Balaban J connectivity index is 1.92. The normalized spacial score (nSPS) is 10.4. The van der Waals surface area contributed by atoms with Crippen LogP contribution in [-0.4, -0.2) is 31.1 Å². The van der Waals surface area contributed by atoms with Crippen molar-refractivity contribution in [3.63, 3.8) is 0 Å². The summed E-state index contributed by atoms with van der Waals surface area (Å²) in [6.45, 7) is 5.43. The van der Waals surface area contributed by atoms with Gasteiger partial charge in [-0.3, -0.25) is 9.59 Å². The monoisotopic (exact) mass is 403 g/mol. The Kier molecular flexibility index (Phi) is 8.19. The highest BCUT2D eigenvalue weighted by molar-refractivity contribution is 7.16. The number of thiophene rings is 1. The van der Waals surface area contributed by atoms with Crippen LogP contribution >= 0.6 is 11.3 Å². The number of aryl methyl sites for hydroxylation is 2. The van der Waals surface area contributed by atoms with Gasteiger partial charge in [0.2, 0.25) is 0 Å². The molecular weight excluding hydrogens is 378 g/mol. The lowest BCUT2D eigenvalue weighted by Crippen LogP contribution is -2.22. The fourth-order valence-electron chi connectivity index (χ4n) is 2.78. The summed E-state index contributed by atoms with van der Waals surface area (Å²) in [4.78, 5) is 37.3. The maximum atomic E-state index is 12.3. The average molecular weight is 404 g/mol. The van der Waals surface area contributed by atoms with Gasteiger partial charge in [-0.25, -0.2) is 4.79 Å². The first-order chi connectivity index (χ1) is 13.5. The lowest BCUT2D eigenvalue weighted by atomic mass is 10.1. The molecule has 1 aromatic heterocycles. The first-order valence-electron chi connectivity index (χ1n) is 9.25. The third-order valence-corrected chi connectivity index (χ3v) is 5.18. The third-order valence-electron chi connectivity index (χ3n) is 4.12. The predicted octanol–water partition coefficient (Wildman–Crippen LogP) is 3.91. The molecule has 28 heavy (non-hydrogen) atoms. The Labute approximate surface area is 168 Å². The van der Waals surface area contributed by atoms with Crippen LogP contribution in [0.25, 0.3) is 0 Å². The van der Waals surface area contributed by atoms with E-state index in [1.807, 2.05) is 44.2 Å². The zero-order valence-corrected chi connectivity index (χ0v) is 17.2. The molecule has 7 heteroatoms. The molecule has 1 heterocycles. The van der Waals surface area contributed by atoms with Crippen molar-refractivity contribution in [1.82, 2.24) is 0 Å². The molecule has 0 unspecified atom stereocenters. The van der Waals surface area contributed by atoms with Crippen molar-refractivity contribution in [1.29, 1.82) is 0 Å². The zero-order chi connectivity index (χ0) is 20.5. The van der Waals surface area contributed by atoms with E-state index in [9.17, 15) is 14.4 Å². The van der Waals surface area contributed by atoms with E-state index in [-0.39, 0.29) is 13.0 Å². The van der Waals surface area contributed by atoms with E-state index in [2.05, 4.69) is 5.32 Å². The van der Waals surface area contributed by atoms with Crippen LogP contribution in [0.4, 0.5) is 5.00 Å². The minimum Gasteiger partial charge on any atom is -0.462 e. The largest absolute Gasteiger partial charge is 0.462 e. The number of rotatable bonds is 9. The number of hydrogen-bond acceptors (Lipinski definition) is 6. The summed E-state index contributed by atoms with van der Waals surface area (Å²) in [5, 5.41) is 3.10. The van der Waals surface area contributed by atoms with E-state index in [1.165, 1.54) is 11.3 Å². The van der Waals surface area contributed by atoms with Gasteiger partial charge < -0.3 is 14.8 Å². The van der Waals surface area contributed by atoms with E-state index in [4.69, 9.17) is 9.47 Å². The summed E-state index contributed by atoms with van der Waals surface area (Å²) in [6, 6.07) is 9.58. The topological polar surface area (TPSA) is 81.7 Å². The zero-order valence-electron chi connectivity index (χ0n) is 16.4. The maximum absolute atomic E-state index is 12.3. The van der Waals surface area contributed by atoms with Crippen molar-refractivity contribution < 1.29 is 23.9 Å². The molecular formula is C21H25NO5S.